The number of aryl methyl sites for hydroxylation is 1. The molecule has 0 saturated heterocycles. The van der Waals surface area contributed by atoms with E-state index in [4.69, 9.17) is 5.11 Å². The van der Waals surface area contributed by atoms with E-state index in [1.54, 1.807) is 0 Å². The summed E-state index contributed by atoms with van der Waals surface area (Å²) in [6, 6.07) is 10.8. The Labute approximate surface area is 160 Å². The molecule has 0 bridgehead atoms. The van der Waals surface area contributed by atoms with Crippen molar-refractivity contribution in [2.75, 3.05) is 0 Å². The van der Waals surface area contributed by atoms with Crippen LogP contribution in [0, 0.1) is 0 Å². The highest BCUT2D eigenvalue weighted by atomic mass is 16.4. The predicted octanol–water partition coefficient (Wildman–Crippen LogP) is 7.33. The molecule has 0 spiro atoms. The summed E-state index contributed by atoms with van der Waals surface area (Å²) >= 11 is 0. The number of unbranched alkanes of at least 4 members (excludes halogenated alkanes) is 11. The Bertz CT molecular complexity index is 464. The molecule has 0 aliphatic carbocycles. The zero-order valence-electron chi connectivity index (χ0n) is 16.5. The van der Waals surface area contributed by atoms with Crippen LogP contribution in [0.2, 0.25) is 0 Å². The molecule has 0 radical (unpaired) electrons. The second kappa shape index (κ2) is 16.9. The zero-order valence-corrected chi connectivity index (χ0v) is 16.5. The van der Waals surface area contributed by atoms with Gasteiger partial charge in [0.1, 0.15) is 0 Å². The average molecular weight is 359 g/mol. The molecule has 1 rings (SSSR count). The summed E-state index contributed by atoms with van der Waals surface area (Å²) in [6.45, 7) is 0. The fraction of sp³-hybridized carbons (Fsp3) is 0.625. The van der Waals surface area contributed by atoms with E-state index in [1.165, 1.54) is 82.6 Å². The van der Waals surface area contributed by atoms with E-state index in [0.29, 0.717) is 6.42 Å². The van der Waals surface area contributed by atoms with Gasteiger partial charge in [-0.05, 0) is 50.5 Å². The van der Waals surface area contributed by atoms with E-state index in [-0.39, 0.29) is 0 Å². The lowest BCUT2D eigenvalue weighted by atomic mass is 10.0. The van der Waals surface area contributed by atoms with Crippen LogP contribution in [-0.4, -0.2) is 11.1 Å². The molecule has 0 heterocycles. The van der Waals surface area contributed by atoms with Crippen LogP contribution in [0.4, 0.5) is 0 Å². The predicted molar refractivity (Wildman–Crippen MR) is 112 cm³/mol. The van der Waals surface area contributed by atoms with Gasteiger partial charge in [-0.3, -0.25) is 4.79 Å². The van der Waals surface area contributed by atoms with Crippen LogP contribution in [0.25, 0.3) is 0 Å². The van der Waals surface area contributed by atoms with E-state index in [1.807, 2.05) is 0 Å². The summed E-state index contributed by atoms with van der Waals surface area (Å²) in [5.74, 6) is -0.667. The summed E-state index contributed by atoms with van der Waals surface area (Å²) in [4.78, 5) is 10.4. The highest BCUT2D eigenvalue weighted by Gasteiger charge is 1.96. The Kier molecular flexibility index (Phi) is 14.6. The first-order valence-electron chi connectivity index (χ1n) is 10.7. The smallest absolute Gasteiger partial charge is 0.303 e. The van der Waals surface area contributed by atoms with Gasteiger partial charge in [-0.2, -0.15) is 0 Å². The Morgan fingerprint density at radius 3 is 1.77 bits per heavy atom. The average Bonchev–Trinajstić information content (AvgIpc) is 2.65. The molecule has 0 saturated carbocycles. The van der Waals surface area contributed by atoms with Crippen molar-refractivity contribution in [3.8, 4) is 0 Å². The number of allylic oxidation sites excluding steroid dienone is 2. The second-order valence-electron chi connectivity index (χ2n) is 7.32. The number of carbonyl (C=O) groups is 1. The Morgan fingerprint density at radius 2 is 1.19 bits per heavy atom. The fourth-order valence-corrected chi connectivity index (χ4v) is 3.25. The van der Waals surface area contributed by atoms with Gasteiger partial charge in [0.25, 0.3) is 0 Å². The monoisotopic (exact) mass is 358 g/mol. The number of hydrogen-bond acceptors (Lipinski definition) is 1. The van der Waals surface area contributed by atoms with Crippen LogP contribution < -0.4 is 0 Å². The SMILES string of the molecule is O=C(O)CCCCCCCC=CCCCCCCCCc1ccccc1. The molecule has 1 N–H and O–H groups in total. The van der Waals surface area contributed by atoms with Crippen molar-refractivity contribution in [3.63, 3.8) is 0 Å². The van der Waals surface area contributed by atoms with Gasteiger partial charge in [-0.15, -0.1) is 0 Å². The molecule has 2 heteroatoms. The molecule has 1 aromatic rings. The molecule has 0 aliphatic heterocycles. The third-order valence-electron chi connectivity index (χ3n) is 4.86. The third kappa shape index (κ3) is 14.7. The molecule has 26 heavy (non-hydrogen) atoms. The minimum atomic E-state index is -0.667. The molecule has 2 nitrogen and oxygen atoms in total. The lowest BCUT2D eigenvalue weighted by molar-refractivity contribution is -0.137. The van der Waals surface area contributed by atoms with Crippen LogP contribution in [0.1, 0.15) is 95.5 Å². The third-order valence-corrected chi connectivity index (χ3v) is 4.86. The summed E-state index contributed by atoms with van der Waals surface area (Å²) < 4.78 is 0. The Hall–Kier alpha value is -1.57. The standard InChI is InChI=1S/C24H38O2/c25-24(26)22-18-13-11-9-7-5-3-1-2-4-6-8-10-12-15-19-23-20-16-14-17-21-23/h1,3,14,16-17,20-21H,2,4-13,15,18-19,22H2,(H,25,26). The number of hydrogen-bond donors (Lipinski definition) is 1. The van der Waals surface area contributed by atoms with Crippen LogP contribution in [0.3, 0.4) is 0 Å². The summed E-state index contributed by atoms with van der Waals surface area (Å²) in [5.41, 5.74) is 1.47. The molecule has 0 unspecified atom stereocenters. The fourth-order valence-electron chi connectivity index (χ4n) is 3.25. The van der Waals surface area contributed by atoms with Gasteiger partial charge in [-0.25, -0.2) is 0 Å². The van der Waals surface area contributed by atoms with Crippen LogP contribution >= 0.6 is 0 Å². The van der Waals surface area contributed by atoms with E-state index >= 15 is 0 Å². The number of carboxylic acids is 1. The Balaban J connectivity index is 1.76. The van der Waals surface area contributed by atoms with Gasteiger partial charge in [0.2, 0.25) is 0 Å². The second-order valence-corrected chi connectivity index (χ2v) is 7.32. The van der Waals surface area contributed by atoms with Crippen molar-refractivity contribution in [1.29, 1.82) is 0 Å². The summed E-state index contributed by atoms with van der Waals surface area (Å²) in [6.07, 6.45) is 22.3. The Morgan fingerprint density at radius 1 is 0.692 bits per heavy atom. The molecule has 146 valence electrons. The van der Waals surface area contributed by atoms with Gasteiger partial charge in [0, 0.05) is 6.42 Å². The number of rotatable bonds is 17. The first kappa shape index (κ1) is 22.5. The normalized spacial score (nSPS) is 11.2. The maximum Gasteiger partial charge on any atom is 0.303 e. The lowest BCUT2D eigenvalue weighted by Crippen LogP contribution is -1.93. The van der Waals surface area contributed by atoms with Crippen molar-refractivity contribution < 1.29 is 9.90 Å². The van der Waals surface area contributed by atoms with Gasteiger partial charge in [-0.1, -0.05) is 87.4 Å². The van der Waals surface area contributed by atoms with E-state index in [0.717, 1.165) is 12.8 Å². The largest absolute Gasteiger partial charge is 0.481 e. The number of benzene rings is 1. The number of aliphatic carboxylic acids is 1. The van der Waals surface area contributed by atoms with Crippen molar-refractivity contribution in [1.82, 2.24) is 0 Å². The van der Waals surface area contributed by atoms with Gasteiger partial charge in [0.05, 0.1) is 0 Å². The van der Waals surface area contributed by atoms with Crippen molar-refractivity contribution in [2.24, 2.45) is 0 Å². The highest BCUT2D eigenvalue weighted by molar-refractivity contribution is 5.66. The van der Waals surface area contributed by atoms with Crippen molar-refractivity contribution in [3.05, 3.63) is 48.0 Å². The van der Waals surface area contributed by atoms with Crippen molar-refractivity contribution >= 4 is 5.97 Å². The minimum Gasteiger partial charge on any atom is -0.481 e. The maximum atomic E-state index is 10.4. The molecule has 1 aromatic carbocycles. The van der Waals surface area contributed by atoms with Gasteiger partial charge in [0.15, 0.2) is 0 Å². The quantitative estimate of drug-likeness (QED) is 0.234. The molecule has 0 atom stereocenters. The van der Waals surface area contributed by atoms with Crippen LogP contribution in [0.15, 0.2) is 42.5 Å². The number of carboxylic acid groups (broad SMARTS) is 1. The van der Waals surface area contributed by atoms with Gasteiger partial charge >= 0.3 is 5.97 Å². The highest BCUT2D eigenvalue weighted by Crippen LogP contribution is 2.11. The minimum absolute atomic E-state index is 0.326. The van der Waals surface area contributed by atoms with E-state index < -0.39 is 5.97 Å². The first-order valence-corrected chi connectivity index (χ1v) is 10.7. The van der Waals surface area contributed by atoms with E-state index in [9.17, 15) is 4.79 Å². The van der Waals surface area contributed by atoms with Crippen molar-refractivity contribution in [2.45, 2.75) is 96.3 Å². The molecular formula is C24H38O2. The van der Waals surface area contributed by atoms with E-state index in [2.05, 4.69) is 42.5 Å². The molecule has 0 amide bonds. The van der Waals surface area contributed by atoms with Crippen LogP contribution in [0.5, 0.6) is 0 Å². The first-order chi connectivity index (χ1) is 12.8. The van der Waals surface area contributed by atoms with Gasteiger partial charge < -0.3 is 5.11 Å². The zero-order chi connectivity index (χ0) is 18.7. The maximum absolute atomic E-state index is 10.4. The van der Waals surface area contributed by atoms with Crippen LogP contribution in [-0.2, 0) is 11.2 Å². The topological polar surface area (TPSA) is 37.3 Å². The molecular weight excluding hydrogens is 320 g/mol. The molecule has 0 aliphatic rings. The molecule has 0 fully saturated rings. The lowest BCUT2D eigenvalue weighted by Gasteiger charge is -2.02. The summed E-state index contributed by atoms with van der Waals surface area (Å²) in [5, 5.41) is 8.56. The summed E-state index contributed by atoms with van der Waals surface area (Å²) in [7, 11) is 0. The molecule has 0 aromatic heterocycles.